The second-order valence-electron chi connectivity index (χ2n) is 3.74. The summed E-state index contributed by atoms with van der Waals surface area (Å²) in [6.45, 7) is -1.31. The highest BCUT2D eigenvalue weighted by Gasteiger charge is 2.28. The Morgan fingerprint density at radius 3 is 2.42 bits per heavy atom. The molecule has 0 aliphatic rings. The third-order valence-corrected chi connectivity index (χ3v) is 2.51. The van der Waals surface area contributed by atoms with Crippen LogP contribution in [-0.4, -0.2) is 17.9 Å². The van der Waals surface area contributed by atoms with Crippen LogP contribution < -0.4 is 4.74 Å². The monoisotopic (exact) mass is 291 g/mol. The first kappa shape index (κ1) is 13.7. The largest absolute Gasteiger partial charge is 0.484 e. The number of alkyl halides is 4. The Balaban J connectivity index is 2.06. The molecule has 102 valence electrons. The molecule has 0 fully saturated rings. The Labute approximate surface area is 111 Å². The molecule has 1 heterocycles. The minimum absolute atomic E-state index is 0.141. The molecular formula is C12H9ClF3NO2. The molecule has 0 amide bonds. The first-order valence-corrected chi connectivity index (χ1v) is 5.83. The molecule has 0 N–H and O–H groups in total. The maximum Gasteiger partial charge on any atom is 0.422 e. The molecule has 7 heteroatoms. The number of hydrogen-bond acceptors (Lipinski definition) is 3. The molecule has 0 radical (unpaired) electrons. The van der Waals surface area contributed by atoms with E-state index in [1.807, 2.05) is 0 Å². The van der Waals surface area contributed by atoms with E-state index >= 15 is 0 Å². The summed E-state index contributed by atoms with van der Waals surface area (Å²) < 4.78 is 45.4. The summed E-state index contributed by atoms with van der Waals surface area (Å²) in [7, 11) is 0. The van der Waals surface area contributed by atoms with E-state index < -0.39 is 12.8 Å². The highest BCUT2D eigenvalue weighted by Crippen LogP contribution is 2.24. The molecule has 1 aromatic heterocycles. The third kappa shape index (κ3) is 3.89. The summed E-state index contributed by atoms with van der Waals surface area (Å²) in [4.78, 5) is 0. The lowest BCUT2D eigenvalue weighted by Crippen LogP contribution is -2.19. The van der Waals surface area contributed by atoms with Crippen LogP contribution in [0.15, 0.2) is 34.9 Å². The van der Waals surface area contributed by atoms with Gasteiger partial charge in [-0.25, -0.2) is 0 Å². The highest BCUT2D eigenvalue weighted by atomic mass is 35.5. The molecule has 0 unspecified atom stereocenters. The van der Waals surface area contributed by atoms with Crippen LogP contribution >= 0.6 is 11.6 Å². The van der Waals surface area contributed by atoms with Crippen LogP contribution in [0.4, 0.5) is 13.2 Å². The number of nitrogens with zero attached hydrogens (tertiary/aromatic N) is 1. The number of ether oxygens (including phenoxy) is 1. The van der Waals surface area contributed by atoms with E-state index in [1.165, 1.54) is 12.1 Å². The Morgan fingerprint density at radius 1 is 1.21 bits per heavy atom. The zero-order valence-electron chi connectivity index (χ0n) is 9.58. The van der Waals surface area contributed by atoms with E-state index in [2.05, 4.69) is 9.89 Å². The number of halogens is 4. The second kappa shape index (κ2) is 5.52. The lowest BCUT2D eigenvalue weighted by Gasteiger charge is -2.08. The van der Waals surface area contributed by atoms with E-state index in [1.54, 1.807) is 18.2 Å². The summed E-state index contributed by atoms with van der Waals surface area (Å²) >= 11 is 5.58. The summed E-state index contributed by atoms with van der Waals surface area (Å²) in [5.41, 5.74) is 1.28. The van der Waals surface area contributed by atoms with Crippen LogP contribution in [0.25, 0.3) is 11.3 Å². The molecule has 0 atom stereocenters. The summed E-state index contributed by atoms with van der Waals surface area (Å²) in [6, 6.07) is 7.74. The fraction of sp³-hybridized carbons (Fsp3) is 0.250. The fourth-order valence-corrected chi connectivity index (χ4v) is 1.53. The van der Waals surface area contributed by atoms with Gasteiger partial charge in [-0.15, -0.1) is 11.6 Å². The van der Waals surface area contributed by atoms with E-state index in [9.17, 15) is 13.2 Å². The van der Waals surface area contributed by atoms with Gasteiger partial charge in [0.15, 0.2) is 12.4 Å². The smallest absolute Gasteiger partial charge is 0.422 e. The quantitative estimate of drug-likeness (QED) is 0.798. The topological polar surface area (TPSA) is 35.3 Å². The van der Waals surface area contributed by atoms with Crippen molar-refractivity contribution in [2.75, 3.05) is 6.61 Å². The molecule has 19 heavy (non-hydrogen) atoms. The Morgan fingerprint density at radius 2 is 1.89 bits per heavy atom. The molecule has 2 aromatic rings. The molecular weight excluding hydrogens is 283 g/mol. The molecule has 0 aliphatic heterocycles. The molecule has 0 aliphatic carbocycles. The zero-order chi connectivity index (χ0) is 13.9. The van der Waals surface area contributed by atoms with E-state index in [-0.39, 0.29) is 11.6 Å². The van der Waals surface area contributed by atoms with Crippen LogP contribution in [0.5, 0.6) is 5.75 Å². The Hall–Kier alpha value is -1.69. The average Bonchev–Trinajstić information content (AvgIpc) is 2.85. The van der Waals surface area contributed by atoms with Crippen molar-refractivity contribution in [1.82, 2.24) is 5.16 Å². The van der Waals surface area contributed by atoms with Crippen molar-refractivity contribution in [3.63, 3.8) is 0 Å². The molecule has 1 aromatic carbocycles. The van der Waals surface area contributed by atoms with Crippen LogP contribution in [-0.2, 0) is 5.88 Å². The van der Waals surface area contributed by atoms with Crippen molar-refractivity contribution >= 4 is 11.6 Å². The number of benzene rings is 1. The van der Waals surface area contributed by atoms with Crippen molar-refractivity contribution in [3.05, 3.63) is 36.1 Å². The minimum atomic E-state index is -4.35. The van der Waals surface area contributed by atoms with Gasteiger partial charge in [0.1, 0.15) is 11.4 Å². The summed E-state index contributed by atoms with van der Waals surface area (Å²) in [5, 5.41) is 3.79. The van der Waals surface area contributed by atoms with Crippen LogP contribution in [0.2, 0.25) is 0 Å². The molecule has 3 nitrogen and oxygen atoms in total. The maximum absolute atomic E-state index is 12.0. The Bertz CT molecular complexity index is 537. The highest BCUT2D eigenvalue weighted by molar-refractivity contribution is 6.16. The van der Waals surface area contributed by atoms with Gasteiger partial charge in [0, 0.05) is 11.6 Å². The normalized spacial score (nSPS) is 11.6. The van der Waals surface area contributed by atoms with E-state index in [0.717, 1.165) is 0 Å². The summed E-state index contributed by atoms with van der Waals surface area (Å²) in [6.07, 6.45) is -4.35. The number of hydrogen-bond donors (Lipinski definition) is 0. The van der Waals surface area contributed by atoms with Crippen molar-refractivity contribution < 1.29 is 22.4 Å². The van der Waals surface area contributed by atoms with E-state index in [0.29, 0.717) is 17.0 Å². The van der Waals surface area contributed by atoms with Crippen molar-refractivity contribution in [2.45, 2.75) is 12.1 Å². The summed E-state index contributed by atoms with van der Waals surface area (Å²) in [5.74, 6) is 0.871. The first-order valence-electron chi connectivity index (χ1n) is 5.29. The van der Waals surface area contributed by atoms with Crippen LogP contribution in [0.1, 0.15) is 5.76 Å². The van der Waals surface area contributed by atoms with Gasteiger partial charge in [0.25, 0.3) is 0 Å². The Kier molecular flexibility index (Phi) is 3.99. The third-order valence-electron chi connectivity index (χ3n) is 2.24. The molecule has 0 bridgehead atoms. The molecule has 0 spiro atoms. The van der Waals surface area contributed by atoms with Crippen LogP contribution in [0.3, 0.4) is 0 Å². The zero-order valence-corrected chi connectivity index (χ0v) is 10.3. The maximum atomic E-state index is 12.0. The molecule has 2 rings (SSSR count). The number of rotatable bonds is 4. The van der Waals surface area contributed by atoms with Gasteiger partial charge in [0.05, 0.1) is 5.88 Å². The minimum Gasteiger partial charge on any atom is -0.484 e. The van der Waals surface area contributed by atoms with Gasteiger partial charge in [-0.3, -0.25) is 0 Å². The standard InChI is InChI=1S/C12H9ClF3NO2/c13-6-10-5-11(17-19-10)8-1-3-9(4-2-8)18-7-12(14,15)16/h1-5H,6-7H2. The lowest BCUT2D eigenvalue weighted by molar-refractivity contribution is -0.153. The molecule has 0 saturated carbocycles. The average molecular weight is 292 g/mol. The van der Waals surface area contributed by atoms with Gasteiger partial charge in [-0.05, 0) is 24.3 Å². The van der Waals surface area contributed by atoms with Crippen molar-refractivity contribution in [2.24, 2.45) is 0 Å². The van der Waals surface area contributed by atoms with Crippen molar-refractivity contribution in [3.8, 4) is 17.0 Å². The van der Waals surface area contributed by atoms with Crippen LogP contribution in [0, 0.1) is 0 Å². The van der Waals surface area contributed by atoms with Gasteiger partial charge in [0.2, 0.25) is 0 Å². The SMILES string of the molecule is FC(F)(F)COc1ccc(-c2cc(CCl)on2)cc1. The van der Waals surface area contributed by atoms with Gasteiger partial charge in [-0.1, -0.05) is 5.16 Å². The second-order valence-corrected chi connectivity index (χ2v) is 4.01. The van der Waals surface area contributed by atoms with Gasteiger partial charge in [-0.2, -0.15) is 13.2 Å². The number of aromatic nitrogens is 1. The van der Waals surface area contributed by atoms with Gasteiger partial charge >= 0.3 is 6.18 Å². The fourth-order valence-electron chi connectivity index (χ4n) is 1.40. The molecule has 0 saturated heterocycles. The van der Waals surface area contributed by atoms with Crippen molar-refractivity contribution in [1.29, 1.82) is 0 Å². The van der Waals surface area contributed by atoms with E-state index in [4.69, 9.17) is 16.1 Å². The predicted molar refractivity (Wildman–Crippen MR) is 63.0 cm³/mol. The predicted octanol–water partition coefficient (Wildman–Crippen LogP) is 4.02. The lowest BCUT2D eigenvalue weighted by atomic mass is 10.1. The van der Waals surface area contributed by atoms with Gasteiger partial charge < -0.3 is 9.26 Å². The first-order chi connectivity index (χ1) is 8.98.